The van der Waals surface area contributed by atoms with E-state index >= 15 is 0 Å². The molecule has 202 valence electrons. The minimum Gasteiger partial charge on any atom is -0.508 e. The molecule has 1 aromatic carbocycles. The van der Waals surface area contributed by atoms with Gasteiger partial charge in [-0.25, -0.2) is 14.8 Å². The van der Waals surface area contributed by atoms with E-state index in [2.05, 4.69) is 20.2 Å². The third kappa shape index (κ3) is 7.03. The highest BCUT2D eigenvalue weighted by Crippen LogP contribution is 2.28. The number of hydrogen-bond acceptors (Lipinski definition) is 6. The van der Waals surface area contributed by atoms with Crippen LogP contribution in [0, 0.1) is 5.92 Å². The fraction of sp³-hybridized carbons (Fsp3) is 0.577. The molecule has 2 atom stereocenters. The summed E-state index contributed by atoms with van der Waals surface area (Å²) in [4.78, 5) is 26.0. The lowest BCUT2D eigenvalue weighted by atomic mass is 9.93. The van der Waals surface area contributed by atoms with Gasteiger partial charge in [0.25, 0.3) is 0 Å². The number of nitrogens with one attached hydrogen (secondary N) is 1. The molecule has 8 nitrogen and oxygen atoms in total. The van der Waals surface area contributed by atoms with Gasteiger partial charge in [-0.2, -0.15) is 13.2 Å². The SMILES string of the molecule is C[C@@H]1CN(c2cnc(C(F)(F)F)nc2)C[C@H](C)N1C(=O)NCCC1CCN(Cc2ccc(O)cc2)CC1. The van der Waals surface area contributed by atoms with Gasteiger partial charge in [0.05, 0.1) is 18.1 Å². The third-order valence-electron chi connectivity index (χ3n) is 7.29. The number of urea groups is 1. The first kappa shape index (κ1) is 27.0. The van der Waals surface area contributed by atoms with Crippen molar-refractivity contribution in [1.29, 1.82) is 0 Å². The maximum atomic E-state index is 13.0. The molecule has 0 radical (unpaired) electrons. The minimum absolute atomic E-state index is 0.104. The quantitative estimate of drug-likeness (QED) is 0.597. The number of amides is 2. The van der Waals surface area contributed by atoms with Gasteiger partial charge in [0.15, 0.2) is 0 Å². The van der Waals surface area contributed by atoms with Gasteiger partial charge in [0, 0.05) is 38.3 Å². The van der Waals surface area contributed by atoms with Crippen molar-refractivity contribution in [2.45, 2.75) is 57.9 Å². The molecule has 2 saturated heterocycles. The summed E-state index contributed by atoms with van der Waals surface area (Å²) >= 11 is 0. The van der Waals surface area contributed by atoms with Crippen LogP contribution in [0.15, 0.2) is 36.7 Å². The van der Waals surface area contributed by atoms with Crippen molar-refractivity contribution >= 4 is 11.7 Å². The number of rotatable bonds is 6. The number of aromatic nitrogens is 2. The van der Waals surface area contributed by atoms with Gasteiger partial charge >= 0.3 is 12.2 Å². The van der Waals surface area contributed by atoms with E-state index in [0.29, 0.717) is 31.2 Å². The number of likely N-dealkylation sites (tertiary alicyclic amines) is 1. The average Bonchev–Trinajstić information content (AvgIpc) is 2.85. The molecule has 0 spiro atoms. The Labute approximate surface area is 215 Å². The van der Waals surface area contributed by atoms with Crippen LogP contribution in [-0.4, -0.2) is 75.7 Å². The Morgan fingerprint density at radius 2 is 1.65 bits per heavy atom. The molecule has 2 aliphatic rings. The minimum atomic E-state index is -4.57. The van der Waals surface area contributed by atoms with E-state index in [1.165, 1.54) is 18.0 Å². The summed E-state index contributed by atoms with van der Waals surface area (Å²) in [5.41, 5.74) is 1.71. The standard InChI is InChI=1S/C26H35F3N6O2/c1-18-15-34(22-13-31-24(32-14-22)26(27,28)29)16-19(2)35(18)25(37)30-10-7-20-8-11-33(12-9-20)17-21-3-5-23(36)6-4-21/h3-6,13-14,18-20,36H,7-12,15-17H2,1-2H3,(H,30,37)/t18-,19+. The zero-order valence-corrected chi connectivity index (χ0v) is 21.3. The summed E-state index contributed by atoms with van der Waals surface area (Å²) in [5, 5.41) is 12.5. The van der Waals surface area contributed by atoms with E-state index in [1.807, 2.05) is 35.8 Å². The Morgan fingerprint density at radius 3 is 2.22 bits per heavy atom. The lowest BCUT2D eigenvalue weighted by Crippen LogP contribution is -2.61. The maximum Gasteiger partial charge on any atom is 0.451 e. The second-order valence-corrected chi connectivity index (χ2v) is 10.2. The zero-order chi connectivity index (χ0) is 26.6. The Balaban J connectivity index is 1.19. The van der Waals surface area contributed by atoms with Crippen molar-refractivity contribution in [3.8, 4) is 5.75 Å². The second-order valence-electron chi connectivity index (χ2n) is 10.2. The lowest BCUT2D eigenvalue weighted by molar-refractivity contribution is -0.145. The van der Waals surface area contributed by atoms with E-state index < -0.39 is 12.0 Å². The van der Waals surface area contributed by atoms with Gasteiger partial charge < -0.3 is 20.2 Å². The molecule has 0 unspecified atom stereocenters. The topological polar surface area (TPSA) is 84.8 Å². The maximum absolute atomic E-state index is 13.0. The van der Waals surface area contributed by atoms with Crippen molar-refractivity contribution in [3.63, 3.8) is 0 Å². The first-order valence-electron chi connectivity index (χ1n) is 12.8. The van der Waals surface area contributed by atoms with Gasteiger partial charge in [0.2, 0.25) is 5.82 Å². The van der Waals surface area contributed by atoms with E-state index in [9.17, 15) is 23.1 Å². The predicted octanol–water partition coefficient (Wildman–Crippen LogP) is 4.11. The summed E-state index contributed by atoms with van der Waals surface area (Å²) in [6, 6.07) is 7.01. The van der Waals surface area contributed by atoms with Crippen LogP contribution in [0.25, 0.3) is 0 Å². The predicted molar refractivity (Wildman–Crippen MR) is 134 cm³/mol. The average molecular weight is 521 g/mol. The number of piperazine rings is 1. The molecule has 2 N–H and O–H groups in total. The lowest BCUT2D eigenvalue weighted by Gasteiger charge is -2.45. The molecule has 3 heterocycles. The number of halogens is 3. The molecule has 0 aliphatic carbocycles. The van der Waals surface area contributed by atoms with E-state index in [4.69, 9.17) is 0 Å². The summed E-state index contributed by atoms with van der Waals surface area (Å²) in [7, 11) is 0. The van der Waals surface area contributed by atoms with Gasteiger partial charge in [0.1, 0.15) is 5.75 Å². The number of carbonyl (C=O) groups is 1. The highest BCUT2D eigenvalue weighted by Gasteiger charge is 2.36. The number of alkyl halides is 3. The van der Waals surface area contributed by atoms with Crippen molar-refractivity contribution in [1.82, 2.24) is 25.1 Å². The van der Waals surface area contributed by atoms with Crippen molar-refractivity contribution < 1.29 is 23.1 Å². The number of aromatic hydroxyl groups is 1. The van der Waals surface area contributed by atoms with Crippen LogP contribution >= 0.6 is 0 Å². The van der Waals surface area contributed by atoms with Crippen LogP contribution in [0.1, 0.15) is 44.5 Å². The number of hydrogen-bond donors (Lipinski definition) is 2. The highest BCUT2D eigenvalue weighted by molar-refractivity contribution is 5.75. The summed E-state index contributed by atoms with van der Waals surface area (Å²) < 4.78 is 38.3. The summed E-state index contributed by atoms with van der Waals surface area (Å²) in [5.74, 6) is -0.301. The number of anilines is 1. The molecule has 11 heteroatoms. The van der Waals surface area contributed by atoms with Crippen LogP contribution in [0.4, 0.5) is 23.7 Å². The molecule has 4 rings (SSSR count). The van der Waals surface area contributed by atoms with Crippen LogP contribution in [0.3, 0.4) is 0 Å². The summed E-state index contributed by atoms with van der Waals surface area (Å²) in [6.45, 7) is 8.40. The van der Waals surface area contributed by atoms with Gasteiger partial charge in [-0.3, -0.25) is 4.90 Å². The van der Waals surface area contributed by atoms with Crippen molar-refractivity contribution in [2.24, 2.45) is 5.92 Å². The number of phenols is 1. The van der Waals surface area contributed by atoms with Crippen LogP contribution in [0.5, 0.6) is 5.75 Å². The smallest absolute Gasteiger partial charge is 0.451 e. The van der Waals surface area contributed by atoms with E-state index in [0.717, 1.165) is 38.9 Å². The monoisotopic (exact) mass is 520 g/mol. The first-order chi connectivity index (χ1) is 17.6. The molecule has 2 aliphatic heterocycles. The molecule has 0 saturated carbocycles. The molecule has 0 bridgehead atoms. The molecular formula is C26H35F3N6O2. The molecule has 37 heavy (non-hydrogen) atoms. The van der Waals surface area contributed by atoms with Crippen LogP contribution in [-0.2, 0) is 12.7 Å². The van der Waals surface area contributed by atoms with E-state index in [-0.39, 0.29) is 23.9 Å². The normalized spacial score (nSPS) is 21.8. The fourth-order valence-corrected chi connectivity index (χ4v) is 5.33. The van der Waals surface area contributed by atoms with Gasteiger partial charge in [-0.1, -0.05) is 12.1 Å². The fourth-order valence-electron chi connectivity index (χ4n) is 5.33. The number of benzene rings is 1. The van der Waals surface area contributed by atoms with Gasteiger partial charge in [-0.15, -0.1) is 0 Å². The number of carbonyl (C=O) groups excluding carboxylic acids is 1. The highest BCUT2D eigenvalue weighted by atomic mass is 19.4. The second kappa shape index (κ2) is 11.5. The number of phenolic OH excluding ortho intramolecular Hbond substituents is 1. The summed E-state index contributed by atoms with van der Waals surface area (Å²) in [6.07, 6.45) is 0.941. The Kier molecular flexibility index (Phi) is 8.41. The third-order valence-corrected chi connectivity index (χ3v) is 7.29. The molecule has 2 amide bonds. The Hall–Kier alpha value is -3.08. The Morgan fingerprint density at radius 1 is 1.05 bits per heavy atom. The number of nitrogens with zero attached hydrogens (tertiary/aromatic N) is 5. The molecular weight excluding hydrogens is 485 g/mol. The van der Waals surface area contributed by atoms with Gasteiger partial charge in [-0.05, 0) is 69.8 Å². The van der Waals surface area contributed by atoms with Crippen LogP contribution < -0.4 is 10.2 Å². The van der Waals surface area contributed by atoms with Crippen molar-refractivity contribution in [3.05, 3.63) is 48.0 Å². The first-order valence-corrected chi connectivity index (χ1v) is 12.8. The van der Waals surface area contributed by atoms with Crippen LogP contribution in [0.2, 0.25) is 0 Å². The molecule has 2 fully saturated rings. The van der Waals surface area contributed by atoms with Crippen molar-refractivity contribution in [2.75, 3.05) is 37.6 Å². The zero-order valence-electron chi connectivity index (χ0n) is 21.3. The number of piperidine rings is 1. The molecule has 1 aromatic heterocycles. The Bertz CT molecular complexity index is 1010. The molecule has 2 aromatic rings. The largest absolute Gasteiger partial charge is 0.508 e. The van der Waals surface area contributed by atoms with E-state index in [1.54, 1.807) is 12.1 Å².